The van der Waals surface area contributed by atoms with Crippen molar-refractivity contribution in [2.45, 2.75) is 32.9 Å². The van der Waals surface area contributed by atoms with Crippen molar-refractivity contribution in [1.29, 1.82) is 0 Å². The summed E-state index contributed by atoms with van der Waals surface area (Å²) in [7, 11) is 0. The molecule has 0 bridgehead atoms. The Morgan fingerprint density at radius 3 is 2.20 bits per heavy atom. The number of thioether (sulfide) groups is 1. The first-order chi connectivity index (χ1) is 25.6. The number of amides is 3. The molecule has 2 heterocycles. The number of hydrogen-bond acceptors (Lipinski definition) is 8. The van der Waals surface area contributed by atoms with Crippen LogP contribution in [-0.4, -0.2) is 50.3 Å². The molecule has 54 heavy (non-hydrogen) atoms. The molecule has 6 rings (SSSR count). The largest absolute Gasteiger partial charge is 0.573 e. The minimum atomic E-state index is -4.84. The van der Waals surface area contributed by atoms with Gasteiger partial charge in [-0.1, -0.05) is 36.0 Å². The number of alkyl halides is 6. The summed E-state index contributed by atoms with van der Waals surface area (Å²) in [6.07, 6.45) is -8.37. The topological polar surface area (TPSA) is 120 Å². The van der Waals surface area contributed by atoms with E-state index in [-0.39, 0.29) is 52.9 Å². The number of amidine groups is 1. The predicted octanol–water partition coefficient (Wildman–Crippen LogP) is 8.56. The molecule has 1 aromatic heterocycles. The van der Waals surface area contributed by atoms with Crippen molar-refractivity contribution in [3.8, 4) is 28.6 Å². The van der Waals surface area contributed by atoms with E-state index in [4.69, 9.17) is 4.74 Å². The maximum atomic E-state index is 15.2. The van der Waals surface area contributed by atoms with Crippen LogP contribution in [0.3, 0.4) is 0 Å². The second-order valence-corrected chi connectivity index (χ2v) is 12.4. The maximum absolute atomic E-state index is 15.2. The molecule has 0 atom stereocenters. The summed E-state index contributed by atoms with van der Waals surface area (Å²) in [5.74, 6) is -1.94. The molecule has 1 saturated heterocycles. The lowest BCUT2D eigenvalue weighted by atomic mass is 10.1. The first-order valence-electron chi connectivity index (χ1n) is 15.6. The average Bonchev–Trinajstić information content (AvgIpc) is 3.73. The molecule has 11 nitrogen and oxygen atoms in total. The van der Waals surface area contributed by atoms with Crippen LogP contribution in [-0.2, 0) is 22.7 Å². The first kappa shape index (κ1) is 37.8. The van der Waals surface area contributed by atoms with E-state index < -0.39 is 30.3 Å². The van der Waals surface area contributed by atoms with E-state index in [2.05, 4.69) is 29.9 Å². The number of hydrogen-bond donors (Lipinski definition) is 1. The number of carbonyl (C=O) groups excluding carboxylic acids is 2. The lowest BCUT2D eigenvalue weighted by Crippen LogP contribution is -2.31. The summed E-state index contributed by atoms with van der Waals surface area (Å²) >= 11 is 1.00. The van der Waals surface area contributed by atoms with Gasteiger partial charge < -0.3 is 19.5 Å². The summed E-state index contributed by atoms with van der Waals surface area (Å²) < 4.78 is 105. The molecule has 1 aliphatic rings. The van der Waals surface area contributed by atoms with E-state index in [1.807, 2.05) is 0 Å². The Morgan fingerprint density at radius 2 is 1.56 bits per heavy atom. The molecule has 0 saturated carbocycles. The van der Waals surface area contributed by atoms with Crippen molar-refractivity contribution >= 4 is 40.2 Å². The molecule has 0 spiro atoms. The zero-order valence-electron chi connectivity index (χ0n) is 27.6. The molecule has 19 heteroatoms. The maximum Gasteiger partial charge on any atom is 0.573 e. The van der Waals surface area contributed by atoms with Crippen LogP contribution in [0.2, 0.25) is 0 Å². The van der Waals surface area contributed by atoms with Crippen molar-refractivity contribution in [2.75, 3.05) is 16.0 Å². The van der Waals surface area contributed by atoms with Gasteiger partial charge in [0.2, 0.25) is 5.91 Å². The molecule has 1 aliphatic heterocycles. The normalized spacial score (nSPS) is 14.1. The summed E-state index contributed by atoms with van der Waals surface area (Å²) in [4.78, 5) is 35.4. The highest BCUT2D eigenvalue weighted by Crippen LogP contribution is 2.32. The number of nitrogens with one attached hydrogen (secondary N) is 1. The van der Waals surface area contributed by atoms with E-state index in [1.54, 1.807) is 25.1 Å². The molecule has 5 aromatic rings. The molecule has 1 fully saturated rings. The molecule has 1 N–H and O–H groups in total. The zero-order chi connectivity index (χ0) is 38.6. The van der Waals surface area contributed by atoms with Gasteiger partial charge in [0.1, 0.15) is 23.6 Å². The van der Waals surface area contributed by atoms with Gasteiger partial charge in [-0.05, 0) is 78.7 Å². The van der Waals surface area contributed by atoms with E-state index in [1.165, 1.54) is 64.4 Å². The third kappa shape index (κ3) is 9.72. The Hall–Kier alpha value is -5.95. The first-order valence-corrected chi connectivity index (χ1v) is 16.5. The van der Waals surface area contributed by atoms with E-state index in [9.17, 15) is 35.9 Å². The minimum Gasteiger partial charge on any atom is -0.406 e. The number of aliphatic imine (C=N–C) groups is 1. The number of urea groups is 1. The number of carbonyl (C=O) groups is 2. The predicted molar refractivity (Wildman–Crippen MR) is 183 cm³/mol. The van der Waals surface area contributed by atoms with E-state index in [0.29, 0.717) is 22.5 Å². The van der Waals surface area contributed by atoms with Crippen molar-refractivity contribution in [3.05, 3.63) is 114 Å². The summed E-state index contributed by atoms with van der Waals surface area (Å²) in [6, 6.07) is 18.1. The summed E-state index contributed by atoms with van der Waals surface area (Å²) in [5, 5.41) is 6.64. The molecular weight excluding hydrogens is 749 g/mol. The number of ether oxygens (including phenoxy) is 3. The van der Waals surface area contributed by atoms with E-state index >= 15 is 4.39 Å². The number of halogens is 7. The van der Waals surface area contributed by atoms with Gasteiger partial charge in [-0.2, -0.15) is 4.99 Å². The standard InChI is InChI=1S/C35H25F7N6O5S/c1-20-2-5-23(17-51-16-21-3-9-25(10-4-21)52-34(37,38)39)29(14-20)48-30(49)18-54-33(48)45-32(50)44-28-13-6-22(15-27(28)36)31-43-19-47(46-31)24-7-11-26(12-8-24)53-35(40,41)42/h2-15,19H,16-18H2,1H3,(H,44,50)/b45-33-. The lowest BCUT2D eigenvalue weighted by molar-refractivity contribution is -0.275. The summed E-state index contributed by atoms with van der Waals surface area (Å²) in [5.41, 5.74) is 2.70. The van der Waals surface area contributed by atoms with Gasteiger partial charge in [-0.3, -0.25) is 9.69 Å². The molecule has 4 aromatic carbocycles. The number of aryl methyl sites for hydroxylation is 1. The monoisotopic (exact) mass is 774 g/mol. The molecule has 0 unspecified atom stereocenters. The van der Waals surface area contributed by atoms with E-state index in [0.717, 1.165) is 35.5 Å². The van der Waals surface area contributed by atoms with Crippen LogP contribution in [0.5, 0.6) is 11.5 Å². The number of nitrogens with zero attached hydrogens (tertiary/aromatic N) is 5. The lowest BCUT2D eigenvalue weighted by Gasteiger charge is -2.20. The second kappa shape index (κ2) is 15.6. The Labute approximate surface area is 305 Å². The molecule has 280 valence electrons. The molecule has 0 aliphatic carbocycles. The van der Waals surface area contributed by atoms with Gasteiger partial charge in [-0.15, -0.1) is 31.4 Å². The third-order valence-corrected chi connectivity index (χ3v) is 8.35. The second-order valence-electron chi connectivity index (χ2n) is 11.4. The molecular formula is C35H25F7N6O5S. The van der Waals surface area contributed by atoms with Crippen LogP contribution in [0.4, 0.5) is 46.9 Å². The Morgan fingerprint density at radius 1 is 0.889 bits per heavy atom. The Bertz CT molecular complexity index is 2190. The van der Waals surface area contributed by atoms with Crippen molar-refractivity contribution in [2.24, 2.45) is 4.99 Å². The van der Waals surface area contributed by atoms with Crippen LogP contribution >= 0.6 is 11.8 Å². The number of rotatable bonds is 10. The van der Waals surface area contributed by atoms with Gasteiger partial charge in [0.05, 0.1) is 36.0 Å². The SMILES string of the molecule is Cc1ccc(COCc2ccc(OC(F)(F)F)cc2)c(N2C(=O)CS/C2=N\C(=O)Nc2ccc(-c3ncn(-c4ccc(OC(F)(F)F)cc4)n3)cc2F)c1. The Kier molecular flexibility index (Phi) is 10.9. The Balaban J connectivity index is 1.11. The van der Waals surface area contributed by atoms with Crippen LogP contribution in [0, 0.1) is 12.7 Å². The van der Waals surface area contributed by atoms with Gasteiger partial charge in [-0.25, -0.2) is 18.9 Å². The van der Waals surface area contributed by atoms with Crippen molar-refractivity contribution in [1.82, 2.24) is 14.8 Å². The highest BCUT2D eigenvalue weighted by Gasteiger charge is 2.33. The fourth-order valence-electron chi connectivity index (χ4n) is 5.06. The quantitative estimate of drug-likeness (QED) is 0.140. The van der Waals surface area contributed by atoms with Crippen LogP contribution in [0.25, 0.3) is 17.1 Å². The number of aromatic nitrogens is 3. The zero-order valence-corrected chi connectivity index (χ0v) is 28.4. The minimum absolute atomic E-state index is 0.00179. The smallest absolute Gasteiger partial charge is 0.406 e. The van der Waals surface area contributed by atoms with Gasteiger partial charge in [0.25, 0.3) is 0 Å². The number of benzene rings is 4. The fraction of sp³-hybridized carbons (Fsp3) is 0.171. The van der Waals surface area contributed by atoms with Crippen molar-refractivity contribution in [3.63, 3.8) is 0 Å². The summed E-state index contributed by atoms with van der Waals surface area (Å²) in [6.45, 7) is 1.83. The third-order valence-electron chi connectivity index (χ3n) is 7.42. The van der Waals surface area contributed by atoms with Gasteiger partial charge >= 0.3 is 18.8 Å². The van der Waals surface area contributed by atoms with Crippen LogP contribution < -0.4 is 19.7 Å². The highest BCUT2D eigenvalue weighted by atomic mass is 32.2. The van der Waals surface area contributed by atoms with Gasteiger partial charge in [0.15, 0.2) is 11.0 Å². The fourth-order valence-corrected chi connectivity index (χ4v) is 5.92. The molecule has 0 radical (unpaired) electrons. The molecule has 3 amide bonds. The van der Waals surface area contributed by atoms with Crippen molar-refractivity contribution < 1.29 is 54.5 Å². The highest BCUT2D eigenvalue weighted by molar-refractivity contribution is 8.15. The van der Waals surface area contributed by atoms with Crippen LogP contribution in [0.1, 0.15) is 16.7 Å². The number of anilines is 2. The average molecular weight is 775 g/mol. The van der Waals surface area contributed by atoms with Crippen LogP contribution in [0.15, 0.2) is 96.2 Å². The van der Waals surface area contributed by atoms with Gasteiger partial charge in [0, 0.05) is 11.1 Å².